The van der Waals surface area contributed by atoms with Crippen LogP contribution in [0, 0.1) is 12.7 Å². The summed E-state index contributed by atoms with van der Waals surface area (Å²) in [4.78, 5) is 11.8. The number of hydrogen-bond acceptors (Lipinski definition) is 3. The maximum absolute atomic E-state index is 13.6. The number of amides is 1. The van der Waals surface area contributed by atoms with Crippen LogP contribution in [-0.4, -0.2) is 12.5 Å². The molecule has 2 rings (SSSR count). The molecule has 0 radical (unpaired) electrons. The van der Waals surface area contributed by atoms with Crippen LogP contribution in [0.5, 0.6) is 5.75 Å². The number of benzene rings is 2. The molecule has 4 nitrogen and oxygen atoms in total. The number of nitrogens with two attached hydrogens (primary N) is 1. The maximum Gasteiger partial charge on any atom is 0.262 e. The summed E-state index contributed by atoms with van der Waals surface area (Å²) in [6, 6.07) is 9.79. The van der Waals surface area contributed by atoms with Gasteiger partial charge in [-0.3, -0.25) is 4.79 Å². The van der Waals surface area contributed by atoms with E-state index in [1.807, 2.05) is 6.07 Å². The largest absolute Gasteiger partial charge is 0.481 e. The molecule has 0 spiro atoms. The monoisotopic (exact) mass is 352 g/mol. The number of nitrogen functional groups attached to an aromatic ring is 1. The lowest BCUT2D eigenvalue weighted by molar-refractivity contribution is -0.118. The van der Waals surface area contributed by atoms with E-state index in [-0.39, 0.29) is 18.3 Å². The van der Waals surface area contributed by atoms with Gasteiger partial charge in [0, 0.05) is 21.9 Å². The summed E-state index contributed by atoms with van der Waals surface area (Å²) in [5, 5.41) is 2.66. The molecule has 0 saturated carbocycles. The van der Waals surface area contributed by atoms with Gasteiger partial charge >= 0.3 is 0 Å². The van der Waals surface area contributed by atoms with Crippen LogP contribution in [0.15, 0.2) is 40.9 Å². The van der Waals surface area contributed by atoms with Crippen molar-refractivity contribution in [1.82, 2.24) is 0 Å². The van der Waals surface area contributed by atoms with Crippen molar-refractivity contribution < 1.29 is 13.9 Å². The van der Waals surface area contributed by atoms with E-state index >= 15 is 0 Å². The van der Waals surface area contributed by atoms with Crippen LogP contribution < -0.4 is 15.8 Å². The Balaban J connectivity index is 1.97. The van der Waals surface area contributed by atoms with E-state index in [0.29, 0.717) is 16.9 Å². The van der Waals surface area contributed by atoms with E-state index in [1.54, 1.807) is 25.1 Å². The Morgan fingerprint density at radius 1 is 1.38 bits per heavy atom. The Morgan fingerprint density at radius 3 is 2.86 bits per heavy atom. The first kappa shape index (κ1) is 15.3. The van der Waals surface area contributed by atoms with Gasteiger partial charge in [-0.05, 0) is 36.8 Å². The van der Waals surface area contributed by atoms with Crippen LogP contribution in [0.2, 0.25) is 0 Å². The summed E-state index contributed by atoms with van der Waals surface area (Å²) in [5.74, 6) is -0.957. The Morgan fingerprint density at radius 2 is 2.14 bits per heavy atom. The summed E-state index contributed by atoms with van der Waals surface area (Å²) in [5.41, 5.74) is 7.25. The van der Waals surface area contributed by atoms with E-state index in [1.165, 1.54) is 12.1 Å². The topological polar surface area (TPSA) is 64.3 Å². The highest BCUT2D eigenvalue weighted by atomic mass is 79.9. The van der Waals surface area contributed by atoms with Gasteiger partial charge in [-0.1, -0.05) is 22.0 Å². The number of ether oxygens (including phenoxy) is 1. The molecule has 0 aliphatic heterocycles. The van der Waals surface area contributed by atoms with Crippen LogP contribution in [0.4, 0.5) is 15.8 Å². The van der Waals surface area contributed by atoms with Crippen molar-refractivity contribution in [3.8, 4) is 5.75 Å². The van der Waals surface area contributed by atoms with Crippen molar-refractivity contribution >= 4 is 33.2 Å². The Bertz CT molecular complexity index is 677. The highest BCUT2D eigenvalue weighted by molar-refractivity contribution is 9.10. The predicted octanol–water partition coefficient (Wildman–Crippen LogP) is 3.50. The smallest absolute Gasteiger partial charge is 0.262 e. The van der Waals surface area contributed by atoms with Gasteiger partial charge in [-0.25, -0.2) is 4.39 Å². The lowest BCUT2D eigenvalue weighted by Gasteiger charge is -2.10. The molecule has 21 heavy (non-hydrogen) atoms. The Labute approximate surface area is 130 Å². The number of nitrogens with one attached hydrogen (secondary N) is 1. The molecule has 0 bridgehead atoms. The van der Waals surface area contributed by atoms with E-state index in [9.17, 15) is 9.18 Å². The van der Waals surface area contributed by atoms with Gasteiger partial charge in [0.25, 0.3) is 5.91 Å². The van der Waals surface area contributed by atoms with E-state index in [4.69, 9.17) is 10.5 Å². The summed E-state index contributed by atoms with van der Waals surface area (Å²) in [6.07, 6.45) is 0. The number of hydrogen-bond donors (Lipinski definition) is 2. The summed E-state index contributed by atoms with van der Waals surface area (Å²) in [7, 11) is 0. The van der Waals surface area contributed by atoms with Gasteiger partial charge in [-0.2, -0.15) is 0 Å². The lowest BCUT2D eigenvalue weighted by Crippen LogP contribution is -2.20. The molecule has 3 N–H and O–H groups in total. The summed E-state index contributed by atoms with van der Waals surface area (Å²) in [6.45, 7) is 1.45. The summed E-state index contributed by atoms with van der Waals surface area (Å²) < 4.78 is 19.6. The molecular weight excluding hydrogens is 339 g/mol. The van der Waals surface area contributed by atoms with E-state index < -0.39 is 5.82 Å². The second-order valence-corrected chi connectivity index (χ2v) is 5.40. The first-order chi connectivity index (χ1) is 9.95. The number of rotatable bonds is 4. The van der Waals surface area contributed by atoms with Gasteiger partial charge in [0.2, 0.25) is 0 Å². The third-order valence-electron chi connectivity index (χ3n) is 2.79. The number of anilines is 2. The zero-order valence-corrected chi connectivity index (χ0v) is 12.9. The quantitative estimate of drug-likeness (QED) is 0.827. The fourth-order valence-electron chi connectivity index (χ4n) is 1.69. The molecule has 1 amide bonds. The number of carbonyl (C=O) groups excluding carboxylic acids is 1. The molecule has 2 aromatic carbocycles. The third kappa shape index (κ3) is 4.19. The third-order valence-corrected chi connectivity index (χ3v) is 3.28. The van der Waals surface area contributed by atoms with Crippen molar-refractivity contribution in [1.29, 1.82) is 0 Å². The van der Waals surface area contributed by atoms with Crippen LogP contribution in [-0.2, 0) is 4.79 Å². The highest BCUT2D eigenvalue weighted by Gasteiger charge is 2.09. The van der Waals surface area contributed by atoms with Gasteiger partial charge in [0.1, 0.15) is 0 Å². The average Bonchev–Trinajstić information content (AvgIpc) is 2.41. The van der Waals surface area contributed by atoms with Crippen molar-refractivity contribution in [3.63, 3.8) is 0 Å². The van der Waals surface area contributed by atoms with Crippen molar-refractivity contribution in [3.05, 3.63) is 52.3 Å². The molecule has 0 heterocycles. The number of aryl methyl sites for hydroxylation is 1. The van der Waals surface area contributed by atoms with Crippen LogP contribution in [0.3, 0.4) is 0 Å². The predicted molar refractivity (Wildman–Crippen MR) is 83.8 cm³/mol. The maximum atomic E-state index is 13.6. The molecule has 0 aliphatic carbocycles. The molecule has 0 aliphatic rings. The average molecular weight is 353 g/mol. The fraction of sp³-hybridized carbons (Fsp3) is 0.133. The standard InChI is InChI=1S/C15H14BrFN2O2/c1-9-5-14(12(17)7-13(9)18)21-8-15(20)19-11-4-2-3-10(16)6-11/h2-7H,8,18H2,1H3,(H,19,20). The second kappa shape index (κ2) is 6.58. The van der Waals surface area contributed by atoms with Gasteiger partial charge < -0.3 is 15.8 Å². The minimum Gasteiger partial charge on any atom is -0.481 e. The first-order valence-electron chi connectivity index (χ1n) is 6.19. The van der Waals surface area contributed by atoms with Crippen LogP contribution in [0.1, 0.15) is 5.56 Å². The minimum absolute atomic E-state index is 0.00564. The van der Waals surface area contributed by atoms with Crippen molar-refractivity contribution in [2.45, 2.75) is 6.92 Å². The molecular formula is C15H14BrFN2O2. The molecule has 0 aromatic heterocycles. The molecule has 6 heteroatoms. The van der Waals surface area contributed by atoms with Gasteiger partial charge in [0.15, 0.2) is 18.2 Å². The van der Waals surface area contributed by atoms with Crippen LogP contribution in [0.25, 0.3) is 0 Å². The first-order valence-corrected chi connectivity index (χ1v) is 6.99. The van der Waals surface area contributed by atoms with Crippen LogP contribution >= 0.6 is 15.9 Å². The normalized spacial score (nSPS) is 10.2. The second-order valence-electron chi connectivity index (χ2n) is 4.49. The molecule has 0 saturated heterocycles. The molecule has 2 aromatic rings. The van der Waals surface area contributed by atoms with Crippen molar-refractivity contribution in [2.24, 2.45) is 0 Å². The molecule has 0 unspecified atom stereocenters. The highest BCUT2D eigenvalue weighted by Crippen LogP contribution is 2.23. The molecule has 0 atom stereocenters. The van der Waals surface area contributed by atoms with E-state index in [2.05, 4.69) is 21.2 Å². The lowest BCUT2D eigenvalue weighted by atomic mass is 10.2. The zero-order valence-electron chi connectivity index (χ0n) is 11.3. The molecule has 110 valence electrons. The molecule has 0 fully saturated rings. The number of carbonyl (C=O) groups is 1. The number of halogens is 2. The van der Waals surface area contributed by atoms with E-state index in [0.717, 1.165) is 4.47 Å². The fourth-order valence-corrected chi connectivity index (χ4v) is 2.09. The van der Waals surface area contributed by atoms with Crippen molar-refractivity contribution in [2.75, 3.05) is 17.7 Å². The minimum atomic E-state index is -0.589. The Hall–Kier alpha value is -2.08. The zero-order chi connectivity index (χ0) is 15.4. The Kier molecular flexibility index (Phi) is 4.80. The van der Waals surface area contributed by atoms with Gasteiger partial charge in [-0.15, -0.1) is 0 Å². The van der Waals surface area contributed by atoms with Gasteiger partial charge in [0.05, 0.1) is 0 Å². The SMILES string of the molecule is Cc1cc(OCC(=O)Nc2cccc(Br)c2)c(F)cc1N. The summed E-state index contributed by atoms with van der Waals surface area (Å²) >= 11 is 3.31.